The quantitative estimate of drug-likeness (QED) is 0.571. The molecule has 0 aliphatic rings. The molecule has 0 spiro atoms. The number of thiazole rings is 1. The van der Waals surface area contributed by atoms with Crippen molar-refractivity contribution in [2.24, 2.45) is 0 Å². The number of carbonyl (C=O) groups excluding carboxylic acids is 1. The number of hydrogen-bond acceptors (Lipinski definition) is 4. The molecule has 0 fully saturated rings. The number of nitrogens with one attached hydrogen (secondary N) is 1. The minimum Gasteiger partial charge on any atom is -0.347 e. The Balaban J connectivity index is 1.66. The lowest BCUT2D eigenvalue weighted by Gasteiger charge is -2.09. The Morgan fingerprint density at radius 2 is 1.86 bits per heavy atom. The summed E-state index contributed by atoms with van der Waals surface area (Å²) >= 11 is 2.42. The molecule has 152 valence electrons. The summed E-state index contributed by atoms with van der Waals surface area (Å²) in [6.07, 6.45) is -0.996. The zero-order valence-corrected chi connectivity index (χ0v) is 17.0. The smallest absolute Gasteiger partial charge is 0.347 e. The van der Waals surface area contributed by atoms with Crippen LogP contribution in [-0.4, -0.2) is 16.7 Å². The number of nitrogens with zero attached hydrogens (tertiary/aromatic N) is 1. The van der Waals surface area contributed by atoms with E-state index in [9.17, 15) is 22.8 Å². The fourth-order valence-corrected chi connectivity index (χ4v) is 3.82. The van der Waals surface area contributed by atoms with Crippen molar-refractivity contribution in [3.8, 4) is 0 Å². The van der Waals surface area contributed by atoms with Crippen LogP contribution in [0.2, 0.25) is 0 Å². The minimum absolute atomic E-state index is 0.0645. The first-order chi connectivity index (χ1) is 13.8. The van der Waals surface area contributed by atoms with E-state index in [0.29, 0.717) is 12.1 Å². The largest absolute Gasteiger partial charge is 0.416 e. The van der Waals surface area contributed by atoms with Crippen LogP contribution in [0.5, 0.6) is 0 Å². The number of halogens is 3. The summed E-state index contributed by atoms with van der Waals surface area (Å²) in [6.45, 7) is 0.274. The number of carbonyl (C=O) groups is 1. The monoisotopic (exact) mass is 438 g/mol. The molecule has 0 aliphatic carbocycles. The van der Waals surface area contributed by atoms with E-state index in [2.05, 4.69) is 5.32 Å². The molecule has 1 amide bonds. The molecular formula is C20H17F3N2O2S2. The molecule has 9 heteroatoms. The average molecular weight is 438 g/mol. The Bertz CT molecular complexity index is 1060. The summed E-state index contributed by atoms with van der Waals surface area (Å²) in [7, 11) is 0. The van der Waals surface area contributed by atoms with Gasteiger partial charge in [-0.3, -0.25) is 9.59 Å². The van der Waals surface area contributed by atoms with Gasteiger partial charge in [0, 0.05) is 17.6 Å². The molecule has 0 aliphatic heterocycles. The van der Waals surface area contributed by atoms with Crippen molar-refractivity contribution in [3.05, 3.63) is 86.0 Å². The van der Waals surface area contributed by atoms with Crippen LogP contribution in [0.3, 0.4) is 0 Å². The highest BCUT2D eigenvalue weighted by Gasteiger charge is 2.30. The molecule has 0 bridgehead atoms. The first kappa shape index (κ1) is 21.2. The Morgan fingerprint density at radius 3 is 2.52 bits per heavy atom. The van der Waals surface area contributed by atoms with E-state index in [4.69, 9.17) is 0 Å². The van der Waals surface area contributed by atoms with Gasteiger partial charge in [-0.25, -0.2) is 0 Å². The van der Waals surface area contributed by atoms with Gasteiger partial charge in [-0.2, -0.15) is 13.2 Å². The van der Waals surface area contributed by atoms with E-state index < -0.39 is 17.6 Å². The fraction of sp³-hybridized carbons (Fsp3) is 0.200. The highest BCUT2D eigenvalue weighted by atomic mass is 32.2. The molecule has 4 nitrogen and oxygen atoms in total. The number of thioether (sulfide) groups is 1. The van der Waals surface area contributed by atoms with Crippen LogP contribution in [0.1, 0.15) is 26.4 Å². The van der Waals surface area contributed by atoms with Gasteiger partial charge in [-0.15, -0.1) is 11.8 Å². The first-order valence-corrected chi connectivity index (χ1v) is 10.6. The Labute approximate surface area is 173 Å². The maximum Gasteiger partial charge on any atom is 0.416 e. The van der Waals surface area contributed by atoms with Gasteiger partial charge in [0.15, 0.2) is 0 Å². The minimum atomic E-state index is -4.44. The molecule has 1 aromatic heterocycles. The van der Waals surface area contributed by atoms with Crippen molar-refractivity contribution in [2.75, 3.05) is 6.26 Å². The van der Waals surface area contributed by atoms with Crippen LogP contribution in [-0.2, 0) is 19.3 Å². The van der Waals surface area contributed by atoms with E-state index in [-0.39, 0.29) is 16.3 Å². The third kappa shape index (κ3) is 5.51. The zero-order valence-electron chi connectivity index (χ0n) is 15.3. The molecule has 0 saturated heterocycles. The number of hydrogen-bond donors (Lipinski definition) is 1. The highest BCUT2D eigenvalue weighted by Crippen LogP contribution is 2.29. The highest BCUT2D eigenvalue weighted by molar-refractivity contribution is 7.98. The SMILES string of the molecule is CSc1ccc(Cn2cc(C(=O)NCc3cccc(C(F)(F)F)c3)sc2=O)cc1. The molecule has 29 heavy (non-hydrogen) atoms. The summed E-state index contributed by atoms with van der Waals surface area (Å²) in [5.74, 6) is -0.499. The Kier molecular flexibility index (Phi) is 6.49. The summed E-state index contributed by atoms with van der Waals surface area (Å²) in [5.41, 5.74) is 0.486. The number of aromatic nitrogens is 1. The number of benzene rings is 2. The van der Waals surface area contributed by atoms with E-state index in [1.54, 1.807) is 11.8 Å². The van der Waals surface area contributed by atoms with Crippen LogP contribution < -0.4 is 10.2 Å². The van der Waals surface area contributed by atoms with Crippen molar-refractivity contribution in [3.63, 3.8) is 0 Å². The lowest BCUT2D eigenvalue weighted by Crippen LogP contribution is -2.22. The maximum absolute atomic E-state index is 12.8. The summed E-state index contributed by atoms with van der Waals surface area (Å²) in [5, 5.41) is 2.56. The topological polar surface area (TPSA) is 51.1 Å². The van der Waals surface area contributed by atoms with E-state index in [0.717, 1.165) is 33.9 Å². The van der Waals surface area contributed by atoms with E-state index in [1.807, 2.05) is 30.5 Å². The fourth-order valence-electron chi connectivity index (χ4n) is 2.64. The molecular weight excluding hydrogens is 421 g/mol. The standard InChI is InChI=1S/C20H17F3N2O2S2/c1-28-16-7-5-13(6-8-16)11-25-12-17(29-19(25)27)18(26)24-10-14-3-2-4-15(9-14)20(21,22)23/h2-9,12H,10-11H2,1H3,(H,24,26). The molecule has 1 N–H and O–H groups in total. The average Bonchev–Trinajstić information content (AvgIpc) is 3.07. The van der Waals surface area contributed by atoms with E-state index >= 15 is 0 Å². The second-order valence-corrected chi connectivity index (χ2v) is 8.09. The summed E-state index contributed by atoms with van der Waals surface area (Å²) < 4.78 is 39.8. The molecule has 0 unspecified atom stereocenters. The molecule has 3 aromatic rings. The van der Waals surface area contributed by atoms with Crippen molar-refractivity contribution >= 4 is 29.0 Å². The Hall–Kier alpha value is -2.52. The van der Waals surface area contributed by atoms with Crippen molar-refractivity contribution in [2.45, 2.75) is 24.2 Å². The third-order valence-corrected chi connectivity index (χ3v) is 5.81. The molecule has 0 atom stereocenters. The molecule has 0 saturated carbocycles. The van der Waals surface area contributed by atoms with Gasteiger partial charge < -0.3 is 9.88 Å². The number of alkyl halides is 3. The van der Waals surface area contributed by atoms with E-state index in [1.165, 1.54) is 22.9 Å². The molecule has 1 heterocycles. The van der Waals surface area contributed by atoms with Gasteiger partial charge in [0.2, 0.25) is 0 Å². The lowest BCUT2D eigenvalue weighted by atomic mass is 10.1. The lowest BCUT2D eigenvalue weighted by molar-refractivity contribution is -0.137. The predicted molar refractivity (Wildman–Crippen MR) is 109 cm³/mol. The van der Waals surface area contributed by atoms with Crippen LogP contribution in [0.15, 0.2) is 64.4 Å². The van der Waals surface area contributed by atoms with Crippen molar-refractivity contribution in [1.29, 1.82) is 0 Å². The van der Waals surface area contributed by atoms with Gasteiger partial charge in [0.05, 0.1) is 12.1 Å². The van der Waals surface area contributed by atoms with Gasteiger partial charge in [-0.1, -0.05) is 35.6 Å². The summed E-state index contributed by atoms with van der Waals surface area (Å²) in [6, 6.07) is 12.5. The molecule has 0 radical (unpaired) electrons. The summed E-state index contributed by atoms with van der Waals surface area (Å²) in [4.78, 5) is 25.5. The van der Waals surface area contributed by atoms with Crippen molar-refractivity contribution < 1.29 is 18.0 Å². The van der Waals surface area contributed by atoms with Gasteiger partial charge in [0.25, 0.3) is 5.91 Å². The maximum atomic E-state index is 12.8. The third-order valence-electron chi connectivity index (χ3n) is 4.15. The van der Waals surface area contributed by atoms with Crippen molar-refractivity contribution in [1.82, 2.24) is 9.88 Å². The van der Waals surface area contributed by atoms with Gasteiger partial charge in [-0.05, 0) is 41.6 Å². The van der Waals surface area contributed by atoms with Gasteiger partial charge in [0.1, 0.15) is 4.88 Å². The van der Waals surface area contributed by atoms with Crippen LogP contribution in [0.25, 0.3) is 0 Å². The predicted octanol–water partition coefficient (Wildman–Crippen LogP) is 4.63. The molecule has 3 rings (SSSR count). The van der Waals surface area contributed by atoms with Crippen LogP contribution in [0, 0.1) is 0 Å². The molecule has 2 aromatic carbocycles. The number of amides is 1. The zero-order chi connectivity index (χ0) is 21.0. The van der Waals surface area contributed by atoms with Gasteiger partial charge >= 0.3 is 11.0 Å². The van der Waals surface area contributed by atoms with Crippen LogP contribution in [0.4, 0.5) is 13.2 Å². The number of rotatable bonds is 6. The second-order valence-electron chi connectivity index (χ2n) is 6.22. The Morgan fingerprint density at radius 1 is 1.14 bits per heavy atom. The second kappa shape index (κ2) is 8.87. The first-order valence-electron chi connectivity index (χ1n) is 8.54. The van der Waals surface area contributed by atoms with Crippen LogP contribution >= 0.6 is 23.1 Å². The normalized spacial score (nSPS) is 11.4.